The van der Waals surface area contributed by atoms with Crippen molar-refractivity contribution in [2.75, 3.05) is 5.75 Å². The first-order valence-corrected chi connectivity index (χ1v) is 12.4. The van der Waals surface area contributed by atoms with Crippen LogP contribution < -0.4 is 9.46 Å². The predicted molar refractivity (Wildman–Crippen MR) is 124 cm³/mol. The van der Waals surface area contributed by atoms with Crippen LogP contribution in [0.3, 0.4) is 0 Å². The number of aromatic nitrogens is 2. The second-order valence-corrected chi connectivity index (χ2v) is 9.98. The number of ether oxygens (including phenoxy) is 1. The number of hydrogen-bond donors (Lipinski definition) is 1. The van der Waals surface area contributed by atoms with Crippen molar-refractivity contribution in [1.29, 1.82) is 0 Å². The first kappa shape index (κ1) is 25.2. The molecule has 0 atom stereocenters. The Morgan fingerprint density at radius 3 is 2.65 bits per heavy atom. The van der Waals surface area contributed by atoms with Gasteiger partial charge in [0.25, 0.3) is 5.91 Å². The van der Waals surface area contributed by atoms with Gasteiger partial charge in [0.05, 0.1) is 24.1 Å². The zero-order valence-corrected chi connectivity index (χ0v) is 20.1. The second-order valence-electron chi connectivity index (χ2n) is 7.29. The number of amides is 1. The molecule has 0 saturated heterocycles. The molecular formula is C21H27Cl2N3O4S. The maximum Gasteiger partial charge on any atom is 0.257 e. The first-order valence-electron chi connectivity index (χ1n) is 10.0. The molecule has 0 fully saturated rings. The van der Waals surface area contributed by atoms with Crippen molar-refractivity contribution >= 4 is 45.2 Å². The molecule has 31 heavy (non-hydrogen) atoms. The maximum absolute atomic E-state index is 12.1. The average Bonchev–Trinajstić information content (AvgIpc) is 3.02. The van der Waals surface area contributed by atoms with Crippen molar-refractivity contribution in [1.82, 2.24) is 14.5 Å². The normalized spacial score (nSPS) is 11.9. The first-order chi connectivity index (χ1) is 14.6. The Balaban J connectivity index is 2.19. The van der Waals surface area contributed by atoms with Gasteiger partial charge in [-0.3, -0.25) is 9.48 Å². The number of rotatable bonds is 11. The Hall–Kier alpha value is -2.03. The Morgan fingerprint density at radius 2 is 2.00 bits per heavy atom. The minimum atomic E-state index is -3.66. The van der Waals surface area contributed by atoms with Gasteiger partial charge in [-0.25, -0.2) is 13.1 Å². The summed E-state index contributed by atoms with van der Waals surface area (Å²) in [5.41, 5.74) is 1.34. The summed E-state index contributed by atoms with van der Waals surface area (Å²) in [5, 5.41) is 5.42. The largest absolute Gasteiger partial charge is 0.474 e. The summed E-state index contributed by atoms with van der Waals surface area (Å²) < 4.78 is 33.3. The number of unbranched alkanes of at least 4 members (excludes halogenated alkanes) is 2. The lowest BCUT2D eigenvalue weighted by atomic mass is 10.2. The average molecular weight is 488 g/mol. The quantitative estimate of drug-likeness (QED) is 0.367. The lowest BCUT2D eigenvalue weighted by Crippen LogP contribution is -2.31. The zero-order chi connectivity index (χ0) is 23.0. The number of sulfonamides is 1. The molecule has 1 N–H and O–H groups in total. The second kappa shape index (κ2) is 11.5. The van der Waals surface area contributed by atoms with Gasteiger partial charge in [-0.15, -0.1) is 5.10 Å². The van der Waals surface area contributed by atoms with Gasteiger partial charge in [0.15, 0.2) is 0 Å². The molecule has 2 rings (SSSR count). The number of carbonyl (C=O) groups excluding carboxylic acids is 1. The van der Waals surface area contributed by atoms with E-state index in [4.69, 9.17) is 27.9 Å². The molecule has 0 unspecified atom stereocenters. The van der Waals surface area contributed by atoms with E-state index >= 15 is 0 Å². The molecule has 0 aliphatic heterocycles. The third-order valence-corrected chi connectivity index (χ3v) is 6.08. The Bertz CT molecular complexity index is 1030. The minimum Gasteiger partial charge on any atom is -0.474 e. The molecule has 1 aromatic carbocycles. The highest BCUT2D eigenvalue weighted by atomic mass is 35.5. The van der Waals surface area contributed by atoms with E-state index in [1.165, 1.54) is 6.08 Å². The van der Waals surface area contributed by atoms with Crippen molar-refractivity contribution in [2.45, 2.75) is 52.7 Å². The lowest BCUT2D eigenvalue weighted by Gasteiger charge is -2.08. The highest BCUT2D eigenvalue weighted by Crippen LogP contribution is 2.23. The molecule has 0 bridgehead atoms. The molecule has 7 nitrogen and oxygen atoms in total. The van der Waals surface area contributed by atoms with Crippen LogP contribution in [0.15, 0.2) is 30.3 Å². The molecule has 10 heteroatoms. The van der Waals surface area contributed by atoms with Crippen LogP contribution in [0.2, 0.25) is 10.0 Å². The van der Waals surface area contributed by atoms with Crippen LogP contribution in [-0.4, -0.2) is 36.0 Å². The van der Waals surface area contributed by atoms with Gasteiger partial charge in [0.1, 0.15) is 0 Å². The SMILES string of the molecule is CCCCCS(=O)(=O)NC(=O)/C=C/c1cc(OC(C)C)nn1Cc1ccc(Cl)cc1Cl. The fourth-order valence-corrected chi connectivity index (χ4v) is 4.25. The summed E-state index contributed by atoms with van der Waals surface area (Å²) in [6, 6.07) is 6.83. The monoisotopic (exact) mass is 487 g/mol. The number of carbonyl (C=O) groups is 1. The van der Waals surface area contributed by atoms with Crippen LogP contribution in [0.5, 0.6) is 5.88 Å². The van der Waals surface area contributed by atoms with Crippen molar-refractivity contribution in [2.24, 2.45) is 0 Å². The van der Waals surface area contributed by atoms with Crippen molar-refractivity contribution in [3.63, 3.8) is 0 Å². The number of nitrogens with zero attached hydrogens (tertiary/aromatic N) is 2. The molecule has 1 amide bonds. The van der Waals surface area contributed by atoms with Crippen LogP contribution in [0.25, 0.3) is 6.08 Å². The van der Waals surface area contributed by atoms with E-state index in [1.54, 1.807) is 28.9 Å². The number of nitrogens with one attached hydrogen (secondary N) is 1. The van der Waals surface area contributed by atoms with Gasteiger partial charge < -0.3 is 4.74 Å². The van der Waals surface area contributed by atoms with Crippen LogP contribution >= 0.6 is 23.2 Å². The summed E-state index contributed by atoms with van der Waals surface area (Å²) in [6.07, 6.45) is 4.75. The molecule has 0 spiro atoms. The van der Waals surface area contributed by atoms with Crippen molar-refractivity contribution < 1.29 is 17.9 Å². The molecule has 2 aromatic rings. The summed E-state index contributed by atoms with van der Waals surface area (Å²) in [7, 11) is -3.66. The van der Waals surface area contributed by atoms with Crippen molar-refractivity contribution in [3.05, 3.63) is 51.6 Å². The Morgan fingerprint density at radius 1 is 1.26 bits per heavy atom. The van der Waals surface area contributed by atoms with Gasteiger partial charge in [0.2, 0.25) is 15.9 Å². The van der Waals surface area contributed by atoms with E-state index in [1.807, 2.05) is 20.8 Å². The smallest absolute Gasteiger partial charge is 0.257 e. The Labute approximate surface area is 193 Å². The highest BCUT2D eigenvalue weighted by Gasteiger charge is 2.14. The third kappa shape index (κ3) is 8.55. The minimum absolute atomic E-state index is 0.0835. The van der Waals surface area contributed by atoms with Gasteiger partial charge in [0, 0.05) is 22.2 Å². The standard InChI is InChI=1S/C21H27Cl2N3O4S/c1-4-5-6-11-31(28,29)25-20(27)10-9-18-13-21(30-15(2)3)24-26(18)14-16-7-8-17(22)12-19(16)23/h7-10,12-13,15H,4-6,11,14H2,1-3H3,(H,25,27)/b10-9+. The van der Waals surface area contributed by atoms with Gasteiger partial charge >= 0.3 is 0 Å². The molecule has 1 aromatic heterocycles. The molecular weight excluding hydrogens is 461 g/mol. The molecule has 0 saturated carbocycles. The van der Waals surface area contributed by atoms with Gasteiger partial charge in [-0.05, 0) is 44.0 Å². The number of hydrogen-bond acceptors (Lipinski definition) is 5. The Kier molecular flexibility index (Phi) is 9.40. The van der Waals surface area contributed by atoms with E-state index in [0.717, 1.165) is 24.5 Å². The fourth-order valence-electron chi connectivity index (χ4n) is 2.72. The number of benzene rings is 1. The molecule has 0 radical (unpaired) electrons. The van der Waals surface area contributed by atoms with E-state index in [2.05, 4.69) is 9.82 Å². The maximum atomic E-state index is 12.1. The summed E-state index contributed by atoms with van der Waals surface area (Å²) >= 11 is 12.2. The lowest BCUT2D eigenvalue weighted by molar-refractivity contribution is -0.114. The highest BCUT2D eigenvalue weighted by molar-refractivity contribution is 7.90. The van der Waals surface area contributed by atoms with Crippen LogP contribution in [0.1, 0.15) is 51.3 Å². The topological polar surface area (TPSA) is 90.3 Å². The third-order valence-electron chi connectivity index (χ3n) is 4.16. The van der Waals surface area contributed by atoms with Crippen LogP contribution in [0.4, 0.5) is 0 Å². The molecule has 170 valence electrons. The van der Waals surface area contributed by atoms with Crippen LogP contribution in [0, 0.1) is 0 Å². The fraction of sp³-hybridized carbons (Fsp3) is 0.429. The van der Waals surface area contributed by atoms with Crippen LogP contribution in [-0.2, 0) is 21.4 Å². The van der Waals surface area contributed by atoms with Gasteiger partial charge in [-0.2, -0.15) is 0 Å². The van der Waals surface area contributed by atoms with E-state index in [0.29, 0.717) is 34.6 Å². The molecule has 0 aliphatic carbocycles. The van der Waals surface area contributed by atoms with E-state index in [-0.39, 0.29) is 11.9 Å². The summed E-state index contributed by atoms with van der Waals surface area (Å²) in [4.78, 5) is 12.1. The van der Waals surface area contributed by atoms with Gasteiger partial charge in [-0.1, -0.05) is 49.0 Å². The number of halogens is 2. The zero-order valence-electron chi connectivity index (χ0n) is 17.8. The van der Waals surface area contributed by atoms with E-state index in [9.17, 15) is 13.2 Å². The van der Waals surface area contributed by atoms with E-state index < -0.39 is 15.9 Å². The predicted octanol–water partition coefficient (Wildman–Crippen LogP) is 4.67. The summed E-state index contributed by atoms with van der Waals surface area (Å²) in [6.45, 7) is 6.04. The van der Waals surface area contributed by atoms with Crippen molar-refractivity contribution in [3.8, 4) is 5.88 Å². The molecule has 0 aliphatic rings. The molecule has 1 heterocycles. The summed E-state index contributed by atoms with van der Waals surface area (Å²) in [5.74, 6) is -0.424.